The minimum absolute atomic E-state index is 0.231. The van der Waals surface area contributed by atoms with Crippen LogP contribution in [0.4, 0.5) is 26.3 Å². The van der Waals surface area contributed by atoms with Gasteiger partial charge < -0.3 is 9.47 Å². The summed E-state index contributed by atoms with van der Waals surface area (Å²) < 4.78 is 94.3. The summed E-state index contributed by atoms with van der Waals surface area (Å²) in [6, 6.07) is 8.30. The first-order valence-corrected chi connectivity index (χ1v) is 13.8. The van der Waals surface area contributed by atoms with Crippen LogP contribution in [-0.4, -0.2) is 47.6 Å². The van der Waals surface area contributed by atoms with Crippen LogP contribution in [0.3, 0.4) is 0 Å². The fourth-order valence-corrected chi connectivity index (χ4v) is 3.99. The Kier molecular flexibility index (Phi) is 13.5. The minimum Gasteiger partial charge on any atom is -0.457 e. The molecule has 2 rings (SSSR count). The Hall–Kier alpha value is -2.36. The maximum atomic E-state index is 14.3. The van der Waals surface area contributed by atoms with Crippen LogP contribution in [-0.2, 0) is 11.2 Å². The number of nitrogens with zero attached hydrogens (tertiary/aromatic N) is 2. The van der Waals surface area contributed by atoms with Crippen molar-refractivity contribution < 1.29 is 35.8 Å². The zero-order valence-electron chi connectivity index (χ0n) is 22.8. The van der Waals surface area contributed by atoms with Crippen molar-refractivity contribution >= 4 is 0 Å². The Labute approximate surface area is 227 Å². The molecule has 1 aromatic heterocycles. The fourth-order valence-electron chi connectivity index (χ4n) is 3.99. The number of aromatic nitrogens is 2. The standard InChI is InChI=1S/C29H40F6N2O2/c1-3-5-7-8-9-10-11-13-18-24-20-36-26(37-25(24)23-16-14-12-15-17-23)39-22-28(32,33)29(34,35)27(30,31)21-38-19-6-4-2/h12,14-17,20H,3-11,13,18-19,21-22H2,1-2H3. The van der Waals surface area contributed by atoms with Gasteiger partial charge in [0.15, 0.2) is 6.61 Å². The molecule has 220 valence electrons. The van der Waals surface area contributed by atoms with Crippen LogP contribution >= 0.6 is 0 Å². The molecular formula is C29H40F6N2O2. The maximum Gasteiger partial charge on any atom is 0.377 e. The largest absolute Gasteiger partial charge is 0.457 e. The van der Waals surface area contributed by atoms with Gasteiger partial charge in [0.25, 0.3) is 0 Å². The monoisotopic (exact) mass is 562 g/mol. The van der Waals surface area contributed by atoms with Gasteiger partial charge in [0.05, 0.1) is 5.69 Å². The average Bonchev–Trinajstić information content (AvgIpc) is 2.92. The second-order valence-electron chi connectivity index (χ2n) is 9.80. The van der Waals surface area contributed by atoms with E-state index >= 15 is 0 Å². The number of benzene rings is 1. The highest BCUT2D eigenvalue weighted by Gasteiger charge is 2.72. The molecule has 0 aliphatic heterocycles. The van der Waals surface area contributed by atoms with E-state index in [9.17, 15) is 26.3 Å². The van der Waals surface area contributed by atoms with Crippen molar-refractivity contribution in [2.75, 3.05) is 19.8 Å². The molecule has 0 aliphatic rings. The summed E-state index contributed by atoms with van der Waals surface area (Å²) in [4.78, 5) is 8.09. The molecule has 0 radical (unpaired) electrons. The SMILES string of the molecule is CCCCCCCCCCc1cnc(OCC(F)(F)C(F)(F)C(F)(F)COCCCC)nc1-c1ccccc1. The number of ether oxygens (including phenoxy) is 2. The predicted octanol–water partition coefficient (Wildman–Crippen LogP) is 8.93. The molecule has 0 saturated heterocycles. The van der Waals surface area contributed by atoms with Crippen molar-refractivity contribution in [2.45, 2.75) is 102 Å². The number of alkyl halides is 6. The summed E-state index contributed by atoms with van der Waals surface area (Å²) in [6.07, 6.45) is 12.0. The van der Waals surface area contributed by atoms with Crippen molar-refractivity contribution in [1.82, 2.24) is 9.97 Å². The van der Waals surface area contributed by atoms with Gasteiger partial charge in [-0.05, 0) is 24.8 Å². The topological polar surface area (TPSA) is 44.2 Å². The van der Waals surface area contributed by atoms with Crippen LogP contribution < -0.4 is 4.74 Å². The lowest BCUT2D eigenvalue weighted by atomic mass is 10.0. The van der Waals surface area contributed by atoms with Gasteiger partial charge in [0.1, 0.15) is 6.61 Å². The van der Waals surface area contributed by atoms with Crippen molar-refractivity contribution in [1.29, 1.82) is 0 Å². The van der Waals surface area contributed by atoms with E-state index in [-0.39, 0.29) is 6.61 Å². The lowest BCUT2D eigenvalue weighted by Crippen LogP contribution is -2.58. The summed E-state index contributed by atoms with van der Waals surface area (Å²) in [5.74, 6) is -16.0. The lowest BCUT2D eigenvalue weighted by Gasteiger charge is -2.32. The highest BCUT2D eigenvalue weighted by molar-refractivity contribution is 5.62. The number of aryl methyl sites for hydroxylation is 1. The molecule has 0 unspecified atom stereocenters. The van der Waals surface area contributed by atoms with E-state index in [0.717, 1.165) is 31.2 Å². The Morgan fingerprint density at radius 2 is 1.31 bits per heavy atom. The minimum atomic E-state index is -5.70. The number of rotatable bonds is 20. The molecule has 0 spiro atoms. The molecule has 0 N–H and O–H groups in total. The van der Waals surface area contributed by atoms with Crippen LogP contribution in [0.1, 0.15) is 83.6 Å². The van der Waals surface area contributed by atoms with Gasteiger partial charge in [-0.3, -0.25) is 0 Å². The quantitative estimate of drug-likeness (QED) is 0.119. The number of hydrogen-bond donors (Lipinski definition) is 0. The van der Waals surface area contributed by atoms with Gasteiger partial charge in [-0.2, -0.15) is 31.3 Å². The summed E-state index contributed by atoms with van der Waals surface area (Å²) in [7, 11) is 0. The van der Waals surface area contributed by atoms with Gasteiger partial charge >= 0.3 is 23.8 Å². The van der Waals surface area contributed by atoms with E-state index in [2.05, 4.69) is 21.6 Å². The summed E-state index contributed by atoms with van der Waals surface area (Å²) in [6.45, 7) is -0.150. The van der Waals surface area contributed by atoms with Crippen molar-refractivity contribution in [2.24, 2.45) is 0 Å². The molecule has 0 atom stereocenters. The van der Waals surface area contributed by atoms with Crippen LogP contribution in [0.25, 0.3) is 11.3 Å². The molecule has 39 heavy (non-hydrogen) atoms. The highest BCUT2D eigenvalue weighted by atomic mass is 19.3. The van der Waals surface area contributed by atoms with Crippen LogP contribution in [0.15, 0.2) is 36.5 Å². The Balaban J connectivity index is 2.06. The zero-order valence-corrected chi connectivity index (χ0v) is 22.8. The van der Waals surface area contributed by atoms with Gasteiger partial charge in [-0.1, -0.05) is 95.5 Å². The van der Waals surface area contributed by atoms with Gasteiger partial charge in [-0.15, -0.1) is 0 Å². The second-order valence-corrected chi connectivity index (χ2v) is 9.80. The number of halogens is 6. The molecule has 10 heteroatoms. The molecule has 1 aromatic carbocycles. The van der Waals surface area contributed by atoms with Crippen LogP contribution in [0.5, 0.6) is 6.01 Å². The van der Waals surface area contributed by atoms with Crippen LogP contribution in [0, 0.1) is 0 Å². The average molecular weight is 563 g/mol. The third kappa shape index (κ3) is 9.96. The molecule has 0 aliphatic carbocycles. The van der Waals surface area contributed by atoms with Crippen molar-refractivity contribution in [3.8, 4) is 17.3 Å². The maximum absolute atomic E-state index is 14.3. The highest BCUT2D eigenvalue weighted by Crippen LogP contribution is 2.46. The van der Waals surface area contributed by atoms with E-state index < -0.39 is 37.0 Å². The molecule has 1 heterocycles. The molecule has 0 saturated carbocycles. The fraction of sp³-hybridized carbons (Fsp3) is 0.655. The van der Waals surface area contributed by atoms with Gasteiger partial charge in [0, 0.05) is 18.4 Å². The van der Waals surface area contributed by atoms with Crippen molar-refractivity contribution in [3.05, 3.63) is 42.1 Å². The Morgan fingerprint density at radius 1 is 0.718 bits per heavy atom. The molecule has 0 amide bonds. The van der Waals surface area contributed by atoms with Gasteiger partial charge in [0.2, 0.25) is 0 Å². The Morgan fingerprint density at radius 3 is 1.95 bits per heavy atom. The van der Waals surface area contributed by atoms with E-state index in [1.807, 2.05) is 0 Å². The molecule has 2 aromatic rings. The lowest BCUT2D eigenvalue weighted by molar-refractivity contribution is -0.324. The number of hydrogen-bond acceptors (Lipinski definition) is 4. The second kappa shape index (κ2) is 16.0. The smallest absolute Gasteiger partial charge is 0.377 e. The zero-order chi connectivity index (χ0) is 28.8. The summed E-state index contributed by atoms with van der Waals surface area (Å²) in [5.41, 5.74) is 1.85. The Bertz CT molecular complexity index is 960. The first kappa shape index (κ1) is 32.8. The first-order chi connectivity index (χ1) is 18.6. The molecule has 0 fully saturated rings. The molecule has 0 bridgehead atoms. The normalized spacial score (nSPS) is 12.6. The first-order valence-electron chi connectivity index (χ1n) is 13.8. The van der Waals surface area contributed by atoms with Gasteiger partial charge in [-0.25, -0.2) is 4.98 Å². The summed E-state index contributed by atoms with van der Waals surface area (Å²) in [5, 5.41) is 0. The van der Waals surface area contributed by atoms with Crippen molar-refractivity contribution in [3.63, 3.8) is 0 Å². The predicted molar refractivity (Wildman–Crippen MR) is 140 cm³/mol. The summed E-state index contributed by atoms with van der Waals surface area (Å²) >= 11 is 0. The van der Waals surface area contributed by atoms with E-state index in [0.29, 0.717) is 30.5 Å². The number of unbranched alkanes of at least 4 members (excludes halogenated alkanes) is 8. The third-order valence-electron chi connectivity index (χ3n) is 6.42. The van der Waals surface area contributed by atoms with E-state index in [1.165, 1.54) is 31.9 Å². The van der Waals surface area contributed by atoms with E-state index in [1.54, 1.807) is 37.3 Å². The third-order valence-corrected chi connectivity index (χ3v) is 6.42. The molecular weight excluding hydrogens is 522 g/mol. The van der Waals surface area contributed by atoms with Crippen LogP contribution in [0.2, 0.25) is 0 Å². The molecule has 4 nitrogen and oxygen atoms in total. The van der Waals surface area contributed by atoms with E-state index in [4.69, 9.17) is 4.74 Å².